The quantitative estimate of drug-likeness (QED) is 0.916. The number of carboxylic acid groups (broad SMARTS) is 1. The second kappa shape index (κ2) is 4.64. The van der Waals surface area contributed by atoms with Crippen LogP contribution >= 0.6 is 0 Å². The Morgan fingerprint density at radius 1 is 1.53 bits per heavy atom. The molecule has 0 aromatic carbocycles. The third-order valence-corrected chi connectivity index (χ3v) is 4.01. The second-order valence-corrected chi connectivity index (χ2v) is 5.49. The van der Waals surface area contributed by atoms with Crippen molar-refractivity contribution in [2.24, 2.45) is 18.4 Å². The van der Waals surface area contributed by atoms with Crippen molar-refractivity contribution in [1.82, 2.24) is 14.5 Å². The van der Waals surface area contributed by atoms with Crippen LogP contribution in [0.5, 0.6) is 0 Å². The fourth-order valence-electron chi connectivity index (χ4n) is 2.08. The summed E-state index contributed by atoms with van der Waals surface area (Å²) in [6.45, 7) is 5.62. The number of carbonyl (C=O) groups is 1. The van der Waals surface area contributed by atoms with Gasteiger partial charge < -0.3 is 9.67 Å². The molecule has 2 rings (SSSR count). The number of nitrogens with zero attached hydrogens (tertiary/aromatic N) is 3. The number of carboxylic acids is 1. The first-order chi connectivity index (χ1) is 8.86. The molecule has 0 radical (unpaired) electrons. The maximum Gasteiger partial charge on any atom is 0.310 e. The second-order valence-electron chi connectivity index (χ2n) is 5.49. The van der Waals surface area contributed by atoms with Crippen LogP contribution in [0.25, 0.3) is 11.2 Å². The first-order valence-electron chi connectivity index (χ1n) is 6.36. The van der Waals surface area contributed by atoms with Gasteiger partial charge in [-0.15, -0.1) is 0 Å². The molecular formula is C14H19N3O2. The van der Waals surface area contributed by atoms with Crippen LogP contribution in [0.4, 0.5) is 0 Å². The van der Waals surface area contributed by atoms with Crippen molar-refractivity contribution in [2.45, 2.75) is 27.2 Å². The topological polar surface area (TPSA) is 68.0 Å². The molecule has 0 spiro atoms. The Morgan fingerprint density at radius 2 is 2.21 bits per heavy atom. The fourth-order valence-corrected chi connectivity index (χ4v) is 2.08. The molecule has 1 N–H and O–H groups in total. The van der Waals surface area contributed by atoms with Gasteiger partial charge in [0.25, 0.3) is 0 Å². The molecule has 5 heteroatoms. The highest BCUT2D eigenvalue weighted by Crippen LogP contribution is 2.32. The van der Waals surface area contributed by atoms with Gasteiger partial charge in [0.1, 0.15) is 11.3 Å². The number of aliphatic carboxylic acids is 1. The minimum absolute atomic E-state index is 0.0257. The minimum atomic E-state index is -0.824. The van der Waals surface area contributed by atoms with Crippen molar-refractivity contribution in [3.05, 3.63) is 24.2 Å². The Kier molecular flexibility index (Phi) is 3.30. The number of rotatable bonds is 4. The third kappa shape index (κ3) is 2.20. The SMILES string of the molecule is CC(C)C(C)(Cc1nc2cccnc2n1C)C(=O)O. The molecule has 2 aromatic heterocycles. The number of aryl methyl sites for hydroxylation is 1. The molecule has 0 aliphatic rings. The van der Waals surface area contributed by atoms with Crippen LogP contribution in [0.3, 0.4) is 0 Å². The van der Waals surface area contributed by atoms with Crippen LogP contribution in [0.2, 0.25) is 0 Å². The van der Waals surface area contributed by atoms with E-state index >= 15 is 0 Å². The molecule has 1 atom stereocenters. The molecular weight excluding hydrogens is 242 g/mol. The molecule has 0 aliphatic carbocycles. The largest absolute Gasteiger partial charge is 0.481 e. The first kappa shape index (κ1) is 13.5. The Hall–Kier alpha value is -1.91. The summed E-state index contributed by atoms with van der Waals surface area (Å²) in [6, 6.07) is 3.72. The number of imidazole rings is 1. The summed E-state index contributed by atoms with van der Waals surface area (Å²) < 4.78 is 1.87. The molecule has 2 heterocycles. The Balaban J connectivity index is 2.45. The Bertz CT molecular complexity index is 618. The van der Waals surface area contributed by atoms with Gasteiger partial charge in [0.2, 0.25) is 0 Å². The smallest absolute Gasteiger partial charge is 0.310 e. The van der Waals surface area contributed by atoms with E-state index in [2.05, 4.69) is 9.97 Å². The summed E-state index contributed by atoms with van der Waals surface area (Å²) in [4.78, 5) is 20.3. The van der Waals surface area contributed by atoms with E-state index in [-0.39, 0.29) is 5.92 Å². The molecule has 0 amide bonds. The van der Waals surface area contributed by atoms with E-state index in [1.54, 1.807) is 13.1 Å². The molecule has 0 saturated heterocycles. The summed E-state index contributed by atoms with van der Waals surface area (Å²) in [7, 11) is 1.88. The molecule has 5 nitrogen and oxygen atoms in total. The van der Waals surface area contributed by atoms with Crippen LogP contribution in [0.1, 0.15) is 26.6 Å². The Morgan fingerprint density at radius 3 is 2.74 bits per heavy atom. The predicted octanol–water partition coefficient (Wildman–Crippen LogP) is 2.26. The zero-order valence-electron chi connectivity index (χ0n) is 11.7. The van der Waals surface area contributed by atoms with E-state index < -0.39 is 11.4 Å². The number of hydrogen-bond donors (Lipinski definition) is 1. The van der Waals surface area contributed by atoms with Gasteiger partial charge in [-0.05, 0) is 25.0 Å². The van der Waals surface area contributed by atoms with Crippen LogP contribution in [0.15, 0.2) is 18.3 Å². The molecule has 0 saturated carbocycles. The molecule has 102 valence electrons. The van der Waals surface area contributed by atoms with E-state index in [1.165, 1.54) is 0 Å². The number of aromatic nitrogens is 3. The van der Waals surface area contributed by atoms with Gasteiger partial charge in [-0.3, -0.25) is 4.79 Å². The van der Waals surface area contributed by atoms with Gasteiger partial charge in [-0.25, -0.2) is 9.97 Å². The number of fused-ring (bicyclic) bond motifs is 1. The zero-order valence-corrected chi connectivity index (χ0v) is 11.7. The molecule has 1 unspecified atom stereocenters. The lowest BCUT2D eigenvalue weighted by atomic mass is 9.76. The standard InChI is InChI=1S/C14H19N3O2/c1-9(2)14(3,13(18)19)8-11-16-10-6-5-7-15-12(10)17(11)4/h5-7,9H,8H2,1-4H3,(H,18,19). The minimum Gasteiger partial charge on any atom is -0.481 e. The maximum absolute atomic E-state index is 11.5. The van der Waals surface area contributed by atoms with Crippen molar-refractivity contribution >= 4 is 17.1 Å². The number of pyridine rings is 1. The summed E-state index contributed by atoms with van der Waals surface area (Å²) in [5.41, 5.74) is 0.764. The first-order valence-corrected chi connectivity index (χ1v) is 6.36. The van der Waals surface area contributed by atoms with Crippen molar-refractivity contribution in [2.75, 3.05) is 0 Å². The average molecular weight is 261 g/mol. The predicted molar refractivity (Wildman–Crippen MR) is 72.8 cm³/mol. The lowest BCUT2D eigenvalue weighted by Crippen LogP contribution is -2.36. The van der Waals surface area contributed by atoms with Crippen molar-refractivity contribution in [3.63, 3.8) is 0 Å². The van der Waals surface area contributed by atoms with Crippen LogP contribution in [-0.4, -0.2) is 25.6 Å². The van der Waals surface area contributed by atoms with Gasteiger partial charge in [0.15, 0.2) is 5.65 Å². The van der Waals surface area contributed by atoms with Crippen LogP contribution < -0.4 is 0 Å². The van der Waals surface area contributed by atoms with Gasteiger partial charge in [0, 0.05) is 19.7 Å². The molecule has 19 heavy (non-hydrogen) atoms. The highest BCUT2D eigenvalue weighted by Gasteiger charge is 2.38. The van der Waals surface area contributed by atoms with Crippen molar-refractivity contribution in [1.29, 1.82) is 0 Å². The van der Waals surface area contributed by atoms with E-state index in [1.807, 2.05) is 37.6 Å². The van der Waals surface area contributed by atoms with Crippen LogP contribution in [-0.2, 0) is 18.3 Å². The maximum atomic E-state index is 11.5. The highest BCUT2D eigenvalue weighted by atomic mass is 16.4. The molecule has 2 aromatic rings. The number of hydrogen-bond acceptors (Lipinski definition) is 3. The van der Waals surface area contributed by atoms with E-state index in [0.717, 1.165) is 17.0 Å². The third-order valence-electron chi connectivity index (χ3n) is 4.01. The normalized spacial score (nSPS) is 14.8. The average Bonchev–Trinajstić information content (AvgIpc) is 2.66. The van der Waals surface area contributed by atoms with Crippen molar-refractivity contribution < 1.29 is 9.90 Å². The lowest BCUT2D eigenvalue weighted by molar-refractivity contribution is -0.150. The fraction of sp³-hybridized carbons (Fsp3) is 0.500. The monoisotopic (exact) mass is 261 g/mol. The summed E-state index contributed by atoms with van der Waals surface area (Å²) in [5, 5.41) is 9.48. The van der Waals surface area contributed by atoms with E-state index in [4.69, 9.17) is 0 Å². The molecule has 0 aliphatic heterocycles. The summed E-state index contributed by atoms with van der Waals surface area (Å²) in [6.07, 6.45) is 2.11. The van der Waals surface area contributed by atoms with Gasteiger partial charge in [-0.2, -0.15) is 0 Å². The van der Waals surface area contributed by atoms with Gasteiger partial charge in [0.05, 0.1) is 5.41 Å². The van der Waals surface area contributed by atoms with E-state index in [0.29, 0.717) is 6.42 Å². The van der Waals surface area contributed by atoms with Gasteiger partial charge >= 0.3 is 5.97 Å². The van der Waals surface area contributed by atoms with E-state index in [9.17, 15) is 9.90 Å². The molecule has 0 fully saturated rings. The van der Waals surface area contributed by atoms with Crippen molar-refractivity contribution in [3.8, 4) is 0 Å². The lowest BCUT2D eigenvalue weighted by Gasteiger charge is -2.28. The summed E-state index contributed by atoms with van der Waals surface area (Å²) in [5.74, 6) is -0.00686. The molecule has 0 bridgehead atoms. The highest BCUT2D eigenvalue weighted by molar-refractivity contribution is 5.75. The zero-order chi connectivity index (χ0) is 14.2. The summed E-state index contributed by atoms with van der Waals surface area (Å²) >= 11 is 0. The van der Waals surface area contributed by atoms with Crippen LogP contribution in [0, 0.1) is 11.3 Å². The van der Waals surface area contributed by atoms with Gasteiger partial charge in [-0.1, -0.05) is 13.8 Å². The Labute approximate surface area is 112 Å².